The summed E-state index contributed by atoms with van der Waals surface area (Å²) in [6.07, 6.45) is 0.966. The van der Waals surface area contributed by atoms with Crippen LogP contribution < -0.4 is 10.1 Å². The molecule has 0 atom stereocenters. The van der Waals surface area contributed by atoms with E-state index in [4.69, 9.17) is 4.74 Å². The summed E-state index contributed by atoms with van der Waals surface area (Å²) in [5.74, 6) is 1.06. The second-order valence-electron chi connectivity index (χ2n) is 6.02. The van der Waals surface area contributed by atoms with Gasteiger partial charge in [0.1, 0.15) is 5.75 Å². The van der Waals surface area contributed by atoms with Gasteiger partial charge in [-0.05, 0) is 54.7 Å². The number of para-hydroxylation sites is 1. The zero-order chi connectivity index (χ0) is 16.8. The molecule has 2 rings (SSSR count). The van der Waals surface area contributed by atoms with Crippen LogP contribution in [0.25, 0.3) is 0 Å². The molecule has 0 aromatic heterocycles. The standard InChI is InChI=1S/C20H25NO2/c1-5-13-23-17-11-9-16(10-12-17)20(22)21-19-15(4)7-6-8-18(19)14(2)3/h6-12,14H,5,13H2,1-4H3,(H,21,22). The smallest absolute Gasteiger partial charge is 0.255 e. The van der Waals surface area contributed by atoms with Gasteiger partial charge in [-0.15, -0.1) is 0 Å². The zero-order valence-electron chi connectivity index (χ0n) is 14.3. The molecule has 0 radical (unpaired) electrons. The van der Waals surface area contributed by atoms with Gasteiger partial charge < -0.3 is 10.1 Å². The first kappa shape index (κ1) is 17.1. The number of hydrogen-bond acceptors (Lipinski definition) is 2. The number of carbonyl (C=O) groups excluding carboxylic acids is 1. The van der Waals surface area contributed by atoms with E-state index in [1.807, 2.05) is 31.2 Å². The van der Waals surface area contributed by atoms with E-state index in [2.05, 4.69) is 32.2 Å². The summed E-state index contributed by atoms with van der Waals surface area (Å²) in [4.78, 5) is 12.5. The van der Waals surface area contributed by atoms with Crippen LogP contribution in [0.1, 0.15) is 54.6 Å². The second kappa shape index (κ2) is 7.82. The van der Waals surface area contributed by atoms with Gasteiger partial charge in [-0.25, -0.2) is 0 Å². The number of benzene rings is 2. The largest absolute Gasteiger partial charge is 0.494 e. The minimum absolute atomic E-state index is 0.0942. The van der Waals surface area contributed by atoms with Gasteiger partial charge in [0.2, 0.25) is 0 Å². The van der Waals surface area contributed by atoms with Crippen LogP contribution in [0.4, 0.5) is 5.69 Å². The van der Waals surface area contributed by atoms with Crippen LogP contribution >= 0.6 is 0 Å². The van der Waals surface area contributed by atoms with Gasteiger partial charge in [0.15, 0.2) is 0 Å². The number of ether oxygens (including phenoxy) is 1. The number of amides is 1. The van der Waals surface area contributed by atoms with Gasteiger partial charge >= 0.3 is 0 Å². The van der Waals surface area contributed by atoms with E-state index in [1.54, 1.807) is 12.1 Å². The van der Waals surface area contributed by atoms with Crippen LogP contribution in [-0.2, 0) is 0 Å². The normalized spacial score (nSPS) is 10.7. The molecule has 0 bridgehead atoms. The molecular formula is C20H25NO2. The molecule has 1 N–H and O–H groups in total. The molecule has 0 aliphatic heterocycles. The molecule has 1 amide bonds. The fourth-order valence-corrected chi connectivity index (χ4v) is 2.45. The Morgan fingerprint density at radius 1 is 1.13 bits per heavy atom. The second-order valence-corrected chi connectivity index (χ2v) is 6.02. The summed E-state index contributed by atoms with van der Waals surface area (Å²) in [6.45, 7) is 9.03. The monoisotopic (exact) mass is 311 g/mol. The number of nitrogens with one attached hydrogen (secondary N) is 1. The quantitative estimate of drug-likeness (QED) is 0.800. The molecule has 2 aromatic rings. The predicted octanol–water partition coefficient (Wildman–Crippen LogP) is 5.16. The van der Waals surface area contributed by atoms with Crippen molar-refractivity contribution in [2.24, 2.45) is 0 Å². The molecule has 0 saturated carbocycles. The summed E-state index contributed by atoms with van der Waals surface area (Å²) in [7, 11) is 0. The van der Waals surface area contributed by atoms with E-state index in [9.17, 15) is 4.79 Å². The van der Waals surface area contributed by atoms with E-state index in [0.717, 1.165) is 29.0 Å². The van der Waals surface area contributed by atoms with Crippen molar-refractivity contribution in [2.75, 3.05) is 11.9 Å². The summed E-state index contributed by atoms with van der Waals surface area (Å²) < 4.78 is 5.55. The number of carbonyl (C=O) groups is 1. The zero-order valence-corrected chi connectivity index (χ0v) is 14.3. The van der Waals surface area contributed by atoms with E-state index < -0.39 is 0 Å². The van der Waals surface area contributed by atoms with E-state index in [1.165, 1.54) is 0 Å². The van der Waals surface area contributed by atoms with Gasteiger partial charge in [0.05, 0.1) is 6.61 Å². The molecule has 3 heteroatoms. The lowest BCUT2D eigenvalue weighted by Gasteiger charge is -2.16. The van der Waals surface area contributed by atoms with Gasteiger partial charge in [-0.1, -0.05) is 39.0 Å². The highest BCUT2D eigenvalue weighted by Gasteiger charge is 2.13. The third-order valence-corrected chi connectivity index (χ3v) is 3.75. The predicted molar refractivity (Wildman–Crippen MR) is 95.4 cm³/mol. The first-order chi connectivity index (χ1) is 11.0. The Labute approximate surface area is 138 Å². The van der Waals surface area contributed by atoms with Crippen molar-refractivity contribution in [2.45, 2.75) is 40.0 Å². The Morgan fingerprint density at radius 3 is 2.43 bits per heavy atom. The molecule has 3 nitrogen and oxygen atoms in total. The molecule has 0 aliphatic rings. The molecule has 2 aromatic carbocycles. The van der Waals surface area contributed by atoms with Crippen LogP contribution in [-0.4, -0.2) is 12.5 Å². The summed E-state index contributed by atoms with van der Waals surface area (Å²) >= 11 is 0. The first-order valence-electron chi connectivity index (χ1n) is 8.16. The van der Waals surface area contributed by atoms with E-state index in [-0.39, 0.29) is 5.91 Å². The number of hydrogen-bond donors (Lipinski definition) is 1. The molecule has 0 spiro atoms. The van der Waals surface area contributed by atoms with Crippen LogP contribution in [0.5, 0.6) is 5.75 Å². The maximum absolute atomic E-state index is 12.5. The molecule has 0 unspecified atom stereocenters. The molecule has 0 saturated heterocycles. The SMILES string of the molecule is CCCOc1ccc(C(=O)Nc2c(C)cccc2C(C)C)cc1. The summed E-state index contributed by atoms with van der Waals surface area (Å²) in [5.41, 5.74) is 3.78. The Bertz CT molecular complexity index is 660. The van der Waals surface area contributed by atoms with E-state index >= 15 is 0 Å². The highest BCUT2D eigenvalue weighted by molar-refractivity contribution is 6.05. The highest BCUT2D eigenvalue weighted by Crippen LogP contribution is 2.28. The van der Waals surface area contributed by atoms with Crippen molar-refractivity contribution in [3.63, 3.8) is 0 Å². The Balaban J connectivity index is 2.16. The molecule has 0 heterocycles. The van der Waals surface area contributed by atoms with Crippen molar-refractivity contribution < 1.29 is 9.53 Å². The lowest BCUT2D eigenvalue weighted by molar-refractivity contribution is 0.102. The molecule has 0 aliphatic carbocycles. The average Bonchev–Trinajstić information content (AvgIpc) is 2.55. The Kier molecular flexibility index (Phi) is 5.80. The number of aryl methyl sites for hydroxylation is 1. The fourth-order valence-electron chi connectivity index (χ4n) is 2.45. The minimum atomic E-state index is -0.0942. The van der Waals surface area contributed by atoms with Crippen molar-refractivity contribution in [3.8, 4) is 5.75 Å². The third-order valence-electron chi connectivity index (χ3n) is 3.75. The number of anilines is 1. The molecule has 0 fully saturated rings. The number of rotatable bonds is 6. The van der Waals surface area contributed by atoms with Crippen LogP contribution in [0, 0.1) is 6.92 Å². The van der Waals surface area contributed by atoms with Crippen molar-refractivity contribution in [1.29, 1.82) is 0 Å². The van der Waals surface area contributed by atoms with Crippen molar-refractivity contribution >= 4 is 11.6 Å². The highest BCUT2D eigenvalue weighted by atomic mass is 16.5. The van der Waals surface area contributed by atoms with E-state index in [0.29, 0.717) is 18.1 Å². The first-order valence-corrected chi connectivity index (χ1v) is 8.16. The molecular weight excluding hydrogens is 286 g/mol. The molecule has 23 heavy (non-hydrogen) atoms. The fraction of sp³-hybridized carbons (Fsp3) is 0.350. The lowest BCUT2D eigenvalue weighted by Crippen LogP contribution is -2.14. The molecule has 122 valence electrons. The maximum Gasteiger partial charge on any atom is 0.255 e. The van der Waals surface area contributed by atoms with Gasteiger partial charge in [-0.3, -0.25) is 4.79 Å². The Morgan fingerprint density at radius 2 is 1.83 bits per heavy atom. The van der Waals surface area contributed by atoms with Crippen molar-refractivity contribution in [3.05, 3.63) is 59.2 Å². The summed E-state index contributed by atoms with van der Waals surface area (Å²) in [5, 5.41) is 3.06. The maximum atomic E-state index is 12.5. The van der Waals surface area contributed by atoms with Gasteiger partial charge in [-0.2, -0.15) is 0 Å². The summed E-state index contributed by atoms with van der Waals surface area (Å²) in [6, 6.07) is 13.4. The lowest BCUT2D eigenvalue weighted by atomic mass is 9.98. The third kappa shape index (κ3) is 4.35. The Hall–Kier alpha value is -2.29. The van der Waals surface area contributed by atoms with Gasteiger partial charge in [0, 0.05) is 11.3 Å². The average molecular weight is 311 g/mol. The van der Waals surface area contributed by atoms with Crippen LogP contribution in [0.15, 0.2) is 42.5 Å². The minimum Gasteiger partial charge on any atom is -0.494 e. The van der Waals surface area contributed by atoms with Crippen LogP contribution in [0.2, 0.25) is 0 Å². The van der Waals surface area contributed by atoms with Gasteiger partial charge in [0.25, 0.3) is 5.91 Å². The van der Waals surface area contributed by atoms with Crippen molar-refractivity contribution in [1.82, 2.24) is 0 Å². The van der Waals surface area contributed by atoms with Crippen LogP contribution in [0.3, 0.4) is 0 Å². The topological polar surface area (TPSA) is 38.3 Å².